The van der Waals surface area contributed by atoms with Gasteiger partial charge in [0.1, 0.15) is 11.4 Å². The van der Waals surface area contributed by atoms with E-state index in [0.717, 1.165) is 46.4 Å². The largest absolute Gasteiger partial charge is 0.362 e. The van der Waals surface area contributed by atoms with E-state index >= 15 is 0 Å². The summed E-state index contributed by atoms with van der Waals surface area (Å²) in [5.41, 5.74) is 9.27. The second-order valence-electron chi connectivity index (χ2n) is 5.57. The average Bonchev–Trinajstić information content (AvgIpc) is 2.94. The maximum Gasteiger partial charge on any atom is 0.186 e. The molecule has 3 rings (SSSR count). The van der Waals surface area contributed by atoms with E-state index in [9.17, 15) is 0 Å². The highest BCUT2D eigenvalue weighted by atomic mass is 32.1. The van der Waals surface area contributed by atoms with Crippen molar-refractivity contribution >= 4 is 56.9 Å². The van der Waals surface area contributed by atoms with Crippen molar-refractivity contribution in [2.24, 2.45) is 10.2 Å². The molecule has 0 saturated heterocycles. The lowest BCUT2D eigenvalue weighted by molar-refractivity contribution is 0.898. The van der Waals surface area contributed by atoms with Crippen LogP contribution in [0.5, 0.6) is 0 Å². The molecule has 0 fully saturated rings. The summed E-state index contributed by atoms with van der Waals surface area (Å²) >= 11 is 10.4. The lowest BCUT2D eigenvalue weighted by Crippen LogP contribution is -2.34. The normalized spacial score (nSPS) is 15.3. The van der Waals surface area contributed by atoms with Crippen LogP contribution in [0.3, 0.4) is 0 Å². The van der Waals surface area contributed by atoms with Crippen molar-refractivity contribution in [2.75, 3.05) is 13.1 Å². The Kier molecular flexibility index (Phi) is 5.75. The Morgan fingerprint density at radius 2 is 1.27 bits per heavy atom. The summed E-state index contributed by atoms with van der Waals surface area (Å²) in [5.74, 6) is 0. The SMILES string of the molecule is CCNC(=S)N/N=C1\C(=N\NC(=S)NCC)c2cccc3cccc1c23. The fourth-order valence-corrected chi connectivity index (χ4v) is 3.21. The summed E-state index contributed by atoms with van der Waals surface area (Å²) in [5, 5.41) is 18.3. The van der Waals surface area contributed by atoms with Gasteiger partial charge in [0.2, 0.25) is 0 Å². The van der Waals surface area contributed by atoms with Gasteiger partial charge in [0.15, 0.2) is 10.2 Å². The van der Waals surface area contributed by atoms with Crippen molar-refractivity contribution in [3.63, 3.8) is 0 Å². The monoisotopic (exact) mass is 384 g/mol. The summed E-state index contributed by atoms with van der Waals surface area (Å²) in [6.45, 7) is 5.41. The first-order valence-corrected chi connectivity index (χ1v) is 9.23. The summed E-state index contributed by atoms with van der Waals surface area (Å²) in [7, 11) is 0. The van der Waals surface area contributed by atoms with Gasteiger partial charge in [0.25, 0.3) is 0 Å². The smallest absolute Gasteiger partial charge is 0.186 e. The van der Waals surface area contributed by atoms with Crippen molar-refractivity contribution in [3.05, 3.63) is 47.5 Å². The van der Waals surface area contributed by atoms with Crippen LogP contribution in [0.25, 0.3) is 10.8 Å². The molecule has 0 bridgehead atoms. The Morgan fingerprint density at radius 3 is 1.69 bits per heavy atom. The molecule has 0 radical (unpaired) electrons. The van der Waals surface area contributed by atoms with Crippen LogP contribution in [-0.4, -0.2) is 34.7 Å². The molecule has 0 saturated carbocycles. The highest BCUT2D eigenvalue weighted by molar-refractivity contribution is 7.80. The van der Waals surface area contributed by atoms with Gasteiger partial charge in [-0.3, -0.25) is 10.9 Å². The minimum Gasteiger partial charge on any atom is -0.362 e. The van der Waals surface area contributed by atoms with E-state index in [1.807, 2.05) is 38.1 Å². The minimum absolute atomic E-state index is 0.471. The summed E-state index contributed by atoms with van der Waals surface area (Å²) in [4.78, 5) is 0. The Bertz CT molecular complexity index is 848. The van der Waals surface area contributed by atoms with Crippen LogP contribution in [0.2, 0.25) is 0 Å². The van der Waals surface area contributed by atoms with Crippen LogP contribution in [0.1, 0.15) is 25.0 Å². The van der Waals surface area contributed by atoms with Gasteiger partial charge in [-0.2, -0.15) is 10.2 Å². The highest BCUT2D eigenvalue weighted by Crippen LogP contribution is 2.31. The molecule has 26 heavy (non-hydrogen) atoms. The van der Waals surface area contributed by atoms with Crippen molar-refractivity contribution in [1.29, 1.82) is 0 Å². The van der Waals surface area contributed by atoms with E-state index in [0.29, 0.717) is 10.2 Å². The Morgan fingerprint density at radius 1 is 0.808 bits per heavy atom. The van der Waals surface area contributed by atoms with Gasteiger partial charge >= 0.3 is 0 Å². The van der Waals surface area contributed by atoms with Gasteiger partial charge in [-0.15, -0.1) is 0 Å². The number of rotatable bonds is 4. The molecule has 8 heteroatoms. The number of nitrogens with one attached hydrogen (secondary N) is 4. The molecular formula is C18H20N6S2. The lowest BCUT2D eigenvalue weighted by atomic mass is 10.1. The molecule has 2 aromatic rings. The molecule has 134 valence electrons. The topological polar surface area (TPSA) is 72.8 Å². The van der Waals surface area contributed by atoms with E-state index in [1.54, 1.807) is 0 Å². The first-order chi connectivity index (χ1) is 12.7. The standard InChI is InChI=1S/C18H20N6S2/c1-3-19-17(25)23-21-15-12-9-5-7-11-8-6-10-13(14(11)12)16(15)22-24-18(26)20-4-2/h5-10H,3-4H2,1-2H3,(H2,19,23,25)(H2,20,24,26)/b21-15-,22-16+. The number of hydrazone groups is 2. The predicted octanol–water partition coefficient (Wildman–Crippen LogP) is 2.23. The van der Waals surface area contributed by atoms with E-state index in [1.165, 1.54) is 0 Å². The molecule has 0 aliphatic heterocycles. The summed E-state index contributed by atoms with van der Waals surface area (Å²) in [6, 6.07) is 12.3. The number of hydrogen-bond donors (Lipinski definition) is 4. The Labute approximate surface area is 163 Å². The van der Waals surface area contributed by atoms with Crippen LogP contribution in [-0.2, 0) is 0 Å². The second-order valence-corrected chi connectivity index (χ2v) is 6.39. The third-order valence-corrected chi connectivity index (χ3v) is 4.32. The van der Waals surface area contributed by atoms with Crippen molar-refractivity contribution in [2.45, 2.75) is 13.8 Å². The zero-order chi connectivity index (χ0) is 18.5. The highest BCUT2D eigenvalue weighted by Gasteiger charge is 2.27. The molecule has 4 N–H and O–H groups in total. The molecule has 0 amide bonds. The van der Waals surface area contributed by atoms with Crippen LogP contribution >= 0.6 is 24.4 Å². The first kappa shape index (κ1) is 18.2. The van der Waals surface area contributed by atoms with E-state index in [4.69, 9.17) is 24.4 Å². The molecule has 0 heterocycles. The average molecular weight is 385 g/mol. The molecule has 0 atom stereocenters. The molecule has 0 aromatic heterocycles. The first-order valence-electron chi connectivity index (χ1n) is 8.41. The van der Waals surface area contributed by atoms with E-state index < -0.39 is 0 Å². The van der Waals surface area contributed by atoms with Gasteiger partial charge in [0.05, 0.1) is 0 Å². The lowest BCUT2D eigenvalue weighted by Gasteiger charge is -2.08. The van der Waals surface area contributed by atoms with Crippen LogP contribution in [0, 0.1) is 0 Å². The number of nitrogens with zero attached hydrogens (tertiary/aromatic N) is 2. The van der Waals surface area contributed by atoms with Gasteiger partial charge < -0.3 is 10.6 Å². The van der Waals surface area contributed by atoms with Crippen molar-refractivity contribution in [3.8, 4) is 0 Å². The molecule has 6 nitrogen and oxygen atoms in total. The molecule has 1 aliphatic rings. The quantitative estimate of drug-likeness (QED) is 0.479. The third kappa shape index (κ3) is 3.66. The zero-order valence-corrected chi connectivity index (χ0v) is 16.2. The van der Waals surface area contributed by atoms with Crippen LogP contribution in [0.4, 0.5) is 0 Å². The van der Waals surface area contributed by atoms with E-state index in [2.05, 4.69) is 43.8 Å². The van der Waals surface area contributed by atoms with Gasteiger partial charge in [0, 0.05) is 29.6 Å². The molecule has 0 spiro atoms. The van der Waals surface area contributed by atoms with Gasteiger partial charge in [-0.25, -0.2) is 0 Å². The van der Waals surface area contributed by atoms with Crippen molar-refractivity contribution in [1.82, 2.24) is 21.5 Å². The number of thiocarbonyl (C=S) groups is 2. The van der Waals surface area contributed by atoms with Crippen LogP contribution in [0.15, 0.2) is 46.6 Å². The maximum atomic E-state index is 5.22. The Hall–Kier alpha value is -2.58. The van der Waals surface area contributed by atoms with Crippen molar-refractivity contribution < 1.29 is 0 Å². The predicted molar refractivity (Wildman–Crippen MR) is 116 cm³/mol. The molecule has 2 aromatic carbocycles. The van der Waals surface area contributed by atoms with Gasteiger partial charge in [-0.05, 0) is 43.7 Å². The van der Waals surface area contributed by atoms with Crippen LogP contribution < -0.4 is 21.5 Å². The summed E-state index contributed by atoms with van der Waals surface area (Å²) < 4.78 is 0. The summed E-state index contributed by atoms with van der Waals surface area (Å²) in [6.07, 6.45) is 0. The molecule has 0 unspecified atom stereocenters. The number of hydrogen-bond acceptors (Lipinski definition) is 4. The maximum absolute atomic E-state index is 5.22. The van der Waals surface area contributed by atoms with E-state index in [-0.39, 0.29) is 0 Å². The fraction of sp³-hybridized carbons (Fsp3) is 0.222. The molecular weight excluding hydrogens is 364 g/mol. The second kappa shape index (κ2) is 8.20. The Balaban J connectivity index is 2.03. The molecule has 1 aliphatic carbocycles. The zero-order valence-electron chi connectivity index (χ0n) is 14.6. The fourth-order valence-electron chi connectivity index (χ4n) is 2.83. The number of benzene rings is 2. The third-order valence-electron chi connectivity index (χ3n) is 3.85. The van der Waals surface area contributed by atoms with Gasteiger partial charge in [-0.1, -0.05) is 36.4 Å². The minimum atomic E-state index is 0.471.